The highest BCUT2D eigenvalue weighted by Crippen LogP contribution is 2.22. The van der Waals surface area contributed by atoms with E-state index in [2.05, 4.69) is 42.2 Å². The van der Waals surface area contributed by atoms with Crippen LogP contribution in [-0.2, 0) is 17.9 Å². The summed E-state index contributed by atoms with van der Waals surface area (Å²) in [5, 5.41) is 1.00. The molecule has 1 aliphatic rings. The number of thiazole rings is 1. The number of benzene rings is 2. The average molecular weight is 411 g/mol. The third kappa shape index (κ3) is 5.21. The molecule has 2 N–H and O–H groups in total. The summed E-state index contributed by atoms with van der Waals surface area (Å²) >= 11 is 1.68. The third-order valence-corrected chi connectivity index (χ3v) is 6.76. The maximum Gasteiger partial charge on any atom is 0.277 e. The van der Waals surface area contributed by atoms with Crippen molar-refractivity contribution in [3.8, 4) is 0 Å². The lowest BCUT2D eigenvalue weighted by Gasteiger charge is -2.30. The van der Waals surface area contributed by atoms with E-state index in [1.165, 1.54) is 20.7 Å². The Morgan fingerprint density at radius 1 is 1.07 bits per heavy atom. The summed E-state index contributed by atoms with van der Waals surface area (Å²) in [7, 11) is 1.90. The number of nitrogens with one attached hydrogen (secondary N) is 2. The quantitative estimate of drug-likeness (QED) is 0.623. The van der Waals surface area contributed by atoms with Crippen molar-refractivity contribution in [1.29, 1.82) is 0 Å². The third-order valence-electron chi connectivity index (χ3n) is 5.74. The molecule has 0 saturated carbocycles. The Labute approximate surface area is 176 Å². The summed E-state index contributed by atoms with van der Waals surface area (Å²) in [6.07, 6.45) is 0. The maximum atomic E-state index is 12.7. The van der Waals surface area contributed by atoms with Gasteiger partial charge in [-0.1, -0.05) is 42.0 Å². The molecule has 0 unspecified atom stereocenters. The number of piperazine rings is 1. The van der Waals surface area contributed by atoms with E-state index < -0.39 is 0 Å². The number of quaternary nitrogens is 2. The first kappa shape index (κ1) is 20.0. The highest BCUT2D eigenvalue weighted by molar-refractivity contribution is 7.18. The van der Waals surface area contributed by atoms with Gasteiger partial charge in [-0.15, -0.1) is 11.3 Å². The second-order valence-electron chi connectivity index (χ2n) is 8.17. The van der Waals surface area contributed by atoms with E-state index in [4.69, 9.17) is 0 Å². The van der Waals surface area contributed by atoms with Gasteiger partial charge < -0.3 is 14.7 Å². The van der Waals surface area contributed by atoms with E-state index in [1.807, 2.05) is 30.1 Å². The number of para-hydroxylation sites is 1. The summed E-state index contributed by atoms with van der Waals surface area (Å²) < 4.78 is 1.18. The van der Waals surface area contributed by atoms with Crippen molar-refractivity contribution in [3.63, 3.8) is 0 Å². The van der Waals surface area contributed by atoms with Crippen LogP contribution in [0.4, 0.5) is 0 Å². The van der Waals surface area contributed by atoms with Gasteiger partial charge in [0.15, 0.2) is 6.54 Å². The predicted octanol–water partition coefficient (Wildman–Crippen LogP) is 0.547. The van der Waals surface area contributed by atoms with Crippen LogP contribution in [0.1, 0.15) is 16.1 Å². The second-order valence-corrected chi connectivity index (χ2v) is 9.28. The van der Waals surface area contributed by atoms with E-state index in [1.54, 1.807) is 16.2 Å². The van der Waals surface area contributed by atoms with Crippen LogP contribution in [0.3, 0.4) is 0 Å². The van der Waals surface area contributed by atoms with E-state index in [0.717, 1.165) is 43.2 Å². The largest absolute Gasteiger partial charge is 0.334 e. The minimum Gasteiger partial charge on any atom is -0.334 e. The molecule has 2 heterocycles. The van der Waals surface area contributed by atoms with E-state index in [-0.39, 0.29) is 5.91 Å². The molecule has 29 heavy (non-hydrogen) atoms. The smallest absolute Gasteiger partial charge is 0.277 e. The molecule has 152 valence electrons. The fourth-order valence-electron chi connectivity index (χ4n) is 4.05. The van der Waals surface area contributed by atoms with Gasteiger partial charge in [0.05, 0.1) is 16.8 Å². The minimum atomic E-state index is 0.210. The molecule has 0 radical (unpaired) electrons. The Balaban J connectivity index is 1.24. The summed E-state index contributed by atoms with van der Waals surface area (Å²) in [6, 6.07) is 16.9. The number of aromatic nitrogens is 1. The molecule has 0 spiro atoms. The lowest BCUT2D eigenvalue weighted by atomic mass is 10.1. The molecule has 0 aliphatic carbocycles. The Morgan fingerprint density at radius 2 is 1.83 bits per heavy atom. The highest BCUT2D eigenvalue weighted by atomic mass is 32.1. The molecule has 1 saturated heterocycles. The Bertz CT molecular complexity index is 945. The van der Waals surface area contributed by atoms with Gasteiger partial charge in [0, 0.05) is 12.6 Å². The Kier molecular flexibility index (Phi) is 6.23. The number of aryl methyl sites for hydroxylation is 1. The lowest BCUT2D eigenvalue weighted by Crippen LogP contribution is -3.28. The van der Waals surface area contributed by atoms with Crippen molar-refractivity contribution in [2.75, 3.05) is 39.8 Å². The SMILES string of the molecule is Cc1cccc(C[NH+]2CC[NH+](CC(=O)N(C)Cc3nc4ccccc4s3)CC2)c1. The molecule has 1 fully saturated rings. The average Bonchev–Trinajstić information content (AvgIpc) is 3.11. The van der Waals surface area contributed by atoms with Crippen LogP contribution in [0, 0.1) is 6.92 Å². The lowest BCUT2D eigenvalue weighted by molar-refractivity contribution is -1.02. The molecule has 3 aromatic rings. The number of rotatable bonds is 6. The first-order chi connectivity index (χ1) is 14.1. The topological polar surface area (TPSA) is 42.1 Å². The zero-order valence-corrected chi connectivity index (χ0v) is 18.1. The van der Waals surface area contributed by atoms with Crippen LogP contribution in [-0.4, -0.2) is 55.6 Å². The van der Waals surface area contributed by atoms with Crippen LogP contribution in [0.25, 0.3) is 10.2 Å². The van der Waals surface area contributed by atoms with Gasteiger partial charge in [-0.2, -0.15) is 0 Å². The summed E-state index contributed by atoms with van der Waals surface area (Å²) in [5.41, 5.74) is 3.76. The van der Waals surface area contributed by atoms with Crippen LogP contribution in [0.5, 0.6) is 0 Å². The zero-order valence-electron chi connectivity index (χ0n) is 17.3. The van der Waals surface area contributed by atoms with Gasteiger partial charge in [-0.25, -0.2) is 4.98 Å². The number of fused-ring (bicyclic) bond motifs is 1. The molecule has 1 amide bonds. The first-order valence-corrected chi connectivity index (χ1v) is 11.2. The van der Waals surface area contributed by atoms with Gasteiger partial charge in [0.2, 0.25) is 0 Å². The molecule has 0 bridgehead atoms. The van der Waals surface area contributed by atoms with Gasteiger partial charge in [-0.05, 0) is 19.1 Å². The number of carbonyl (C=O) groups excluding carboxylic acids is 1. The summed E-state index contributed by atoms with van der Waals surface area (Å²) in [5.74, 6) is 0.210. The number of likely N-dealkylation sites (N-methyl/N-ethyl adjacent to an activating group) is 1. The molecule has 1 aromatic heterocycles. The number of amides is 1. The van der Waals surface area contributed by atoms with Crippen molar-refractivity contribution in [2.24, 2.45) is 0 Å². The summed E-state index contributed by atoms with van der Waals surface area (Å²) in [4.78, 5) is 22.2. The van der Waals surface area contributed by atoms with Crippen LogP contribution >= 0.6 is 11.3 Å². The Hall–Kier alpha value is -2.28. The monoisotopic (exact) mass is 410 g/mol. The number of hydrogen-bond donors (Lipinski definition) is 2. The normalized spacial score (nSPS) is 19.4. The molecule has 6 heteroatoms. The highest BCUT2D eigenvalue weighted by Gasteiger charge is 2.26. The van der Waals surface area contributed by atoms with Gasteiger partial charge in [-0.3, -0.25) is 4.79 Å². The van der Waals surface area contributed by atoms with Gasteiger partial charge in [0.25, 0.3) is 5.91 Å². The molecule has 2 aromatic carbocycles. The fourth-order valence-corrected chi connectivity index (χ4v) is 5.07. The van der Waals surface area contributed by atoms with Gasteiger partial charge in [0.1, 0.15) is 37.7 Å². The molecule has 0 atom stereocenters. The van der Waals surface area contributed by atoms with E-state index in [9.17, 15) is 4.79 Å². The Morgan fingerprint density at radius 3 is 2.59 bits per heavy atom. The van der Waals surface area contributed by atoms with Crippen molar-refractivity contribution in [3.05, 3.63) is 64.7 Å². The van der Waals surface area contributed by atoms with Crippen LogP contribution in [0.2, 0.25) is 0 Å². The predicted molar refractivity (Wildman–Crippen MR) is 117 cm³/mol. The van der Waals surface area contributed by atoms with E-state index in [0.29, 0.717) is 13.1 Å². The number of carbonyl (C=O) groups is 1. The second kappa shape index (κ2) is 9.03. The van der Waals surface area contributed by atoms with Crippen molar-refractivity contribution in [1.82, 2.24) is 9.88 Å². The zero-order chi connectivity index (χ0) is 20.2. The first-order valence-electron chi connectivity index (χ1n) is 10.4. The van der Waals surface area contributed by atoms with Crippen molar-refractivity contribution in [2.45, 2.75) is 20.0 Å². The van der Waals surface area contributed by atoms with Crippen LogP contribution < -0.4 is 9.80 Å². The van der Waals surface area contributed by atoms with Crippen LogP contribution in [0.15, 0.2) is 48.5 Å². The molecule has 4 rings (SSSR count). The number of hydrogen-bond acceptors (Lipinski definition) is 3. The molecular formula is C23H30N4OS+2. The van der Waals surface area contributed by atoms with Crippen molar-refractivity contribution >= 4 is 27.5 Å². The standard InChI is InChI=1S/C23H28N4OS/c1-18-6-5-7-19(14-18)15-26-10-12-27(13-11-26)17-23(28)25(2)16-22-24-20-8-3-4-9-21(20)29-22/h3-9,14H,10-13,15-17H2,1-2H3/p+2. The molecule has 5 nitrogen and oxygen atoms in total. The fraction of sp³-hybridized carbons (Fsp3) is 0.391. The molecular weight excluding hydrogens is 380 g/mol. The maximum absolute atomic E-state index is 12.7. The van der Waals surface area contributed by atoms with E-state index >= 15 is 0 Å². The molecule has 1 aliphatic heterocycles. The number of nitrogens with zero attached hydrogens (tertiary/aromatic N) is 2. The summed E-state index contributed by atoms with van der Waals surface area (Å²) in [6.45, 7) is 8.77. The van der Waals surface area contributed by atoms with Crippen molar-refractivity contribution < 1.29 is 14.6 Å². The minimum absolute atomic E-state index is 0.210. The van der Waals surface area contributed by atoms with Gasteiger partial charge >= 0.3 is 0 Å².